The van der Waals surface area contributed by atoms with Crippen molar-refractivity contribution >= 4 is 5.91 Å². The van der Waals surface area contributed by atoms with Gasteiger partial charge in [0, 0.05) is 7.05 Å². The number of amides is 1. The number of nitrogens with zero attached hydrogens (tertiary/aromatic N) is 5. The molecule has 0 saturated heterocycles. The van der Waals surface area contributed by atoms with Crippen LogP contribution < -0.4 is 0 Å². The number of H-pyrrole nitrogens is 1. The lowest BCUT2D eigenvalue weighted by atomic mass is 10.2. The number of carbonyl (C=O) groups is 1. The molecule has 1 amide bonds. The minimum Gasteiger partial charge on any atom is -0.334 e. The number of carbonyl (C=O) groups excluding carboxylic acids is 1. The maximum atomic E-state index is 13.0. The second kappa shape index (κ2) is 7.90. The number of aromatic nitrogens is 5. The van der Waals surface area contributed by atoms with Crippen molar-refractivity contribution in [1.82, 2.24) is 30.1 Å². The number of rotatable bonds is 7. The van der Waals surface area contributed by atoms with Crippen LogP contribution >= 0.6 is 0 Å². The van der Waals surface area contributed by atoms with Gasteiger partial charge in [0.2, 0.25) is 0 Å². The molecule has 0 saturated carbocycles. The highest BCUT2D eigenvalue weighted by Gasteiger charge is 2.17. The maximum Gasteiger partial charge on any atom is 0.276 e. The van der Waals surface area contributed by atoms with Crippen molar-refractivity contribution in [2.45, 2.75) is 32.9 Å². The second-order valence-electron chi connectivity index (χ2n) is 6.22. The summed E-state index contributed by atoms with van der Waals surface area (Å²) in [6.45, 7) is 2.94. The van der Waals surface area contributed by atoms with Crippen molar-refractivity contribution in [2.24, 2.45) is 0 Å². The Bertz CT molecular complexity index is 870. The third kappa shape index (κ3) is 4.33. The molecule has 0 unspecified atom stereocenters. The number of hydrogen-bond donors (Lipinski definition) is 1. The summed E-state index contributed by atoms with van der Waals surface area (Å²) in [6.07, 6.45) is 3.53. The van der Waals surface area contributed by atoms with E-state index in [9.17, 15) is 9.18 Å². The van der Waals surface area contributed by atoms with Crippen molar-refractivity contribution in [2.75, 3.05) is 7.05 Å². The minimum atomic E-state index is -0.286. The third-order valence-corrected chi connectivity index (χ3v) is 3.96. The molecular weight excluding hydrogens is 335 g/mol. The molecule has 0 aliphatic carbocycles. The van der Waals surface area contributed by atoms with E-state index in [1.807, 2.05) is 6.07 Å². The molecule has 2 heterocycles. The van der Waals surface area contributed by atoms with Crippen molar-refractivity contribution in [3.8, 4) is 0 Å². The van der Waals surface area contributed by atoms with Crippen LogP contribution in [0.5, 0.6) is 0 Å². The van der Waals surface area contributed by atoms with E-state index in [0.717, 1.165) is 29.8 Å². The zero-order valence-electron chi connectivity index (χ0n) is 14.8. The van der Waals surface area contributed by atoms with E-state index in [1.165, 1.54) is 12.1 Å². The standard InChI is InChI=1S/C18H21FN6O/c1-3-4-15-9-16(21-20-15)11-24(2)18(26)17-12-25(23-22-17)10-13-5-7-14(19)8-6-13/h5-9,12H,3-4,10-11H2,1-2H3,(H,20,21). The minimum absolute atomic E-state index is 0.220. The predicted molar refractivity (Wildman–Crippen MR) is 93.9 cm³/mol. The van der Waals surface area contributed by atoms with Gasteiger partial charge in [-0.2, -0.15) is 5.10 Å². The highest BCUT2D eigenvalue weighted by atomic mass is 19.1. The van der Waals surface area contributed by atoms with Crippen LogP contribution in [0.25, 0.3) is 0 Å². The predicted octanol–water partition coefficient (Wildman–Crippen LogP) is 2.41. The molecule has 0 spiro atoms. The zero-order valence-corrected chi connectivity index (χ0v) is 14.8. The van der Waals surface area contributed by atoms with E-state index in [1.54, 1.807) is 35.0 Å². The van der Waals surface area contributed by atoms with E-state index in [0.29, 0.717) is 13.1 Å². The molecule has 136 valence electrons. The van der Waals surface area contributed by atoms with Gasteiger partial charge in [-0.1, -0.05) is 30.7 Å². The quantitative estimate of drug-likeness (QED) is 0.705. The Labute approximate surface area is 150 Å². The van der Waals surface area contributed by atoms with Gasteiger partial charge in [0.25, 0.3) is 5.91 Å². The first-order valence-electron chi connectivity index (χ1n) is 8.48. The van der Waals surface area contributed by atoms with Crippen LogP contribution in [0.4, 0.5) is 4.39 Å². The van der Waals surface area contributed by atoms with Crippen molar-refractivity contribution in [1.29, 1.82) is 0 Å². The summed E-state index contributed by atoms with van der Waals surface area (Å²) in [4.78, 5) is 14.1. The summed E-state index contributed by atoms with van der Waals surface area (Å²) in [5.74, 6) is -0.507. The van der Waals surface area contributed by atoms with Gasteiger partial charge in [-0.25, -0.2) is 9.07 Å². The van der Waals surface area contributed by atoms with E-state index in [2.05, 4.69) is 27.4 Å². The van der Waals surface area contributed by atoms with Crippen LogP contribution in [0.15, 0.2) is 36.5 Å². The molecule has 0 radical (unpaired) electrons. The normalized spacial score (nSPS) is 10.9. The summed E-state index contributed by atoms with van der Waals surface area (Å²) >= 11 is 0. The van der Waals surface area contributed by atoms with Crippen molar-refractivity contribution in [3.05, 3.63) is 65.0 Å². The molecule has 0 bridgehead atoms. The summed E-state index contributed by atoms with van der Waals surface area (Å²) in [5.41, 5.74) is 3.02. The van der Waals surface area contributed by atoms with E-state index >= 15 is 0 Å². The topological polar surface area (TPSA) is 79.7 Å². The van der Waals surface area contributed by atoms with E-state index in [4.69, 9.17) is 0 Å². The Kier molecular flexibility index (Phi) is 5.40. The molecule has 3 aromatic rings. The van der Waals surface area contributed by atoms with Gasteiger partial charge in [0.15, 0.2) is 5.69 Å². The summed E-state index contributed by atoms with van der Waals surface area (Å²) in [7, 11) is 1.71. The second-order valence-corrected chi connectivity index (χ2v) is 6.22. The first-order valence-corrected chi connectivity index (χ1v) is 8.48. The molecule has 0 atom stereocenters. The molecule has 2 aromatic heterocycles. The number of hydrogen-bond acceptors (Lipinski definition) is 4. The maximum absolute atomic E-state index is 13.0. The zero-order chi connectivity index (χ0) is 18.5. The highest BCUT2D eigenvalue weighted by Crippen LogP contribution is 2.09. The van der Waals surface area contributed by atoms with Crippen molar-refractivity contribution < 1.29 is 9.18 Å². The molecule has 1 aromatic carbocycles. The average molecular weight is 356 g/mol. The number of benzene rings is 1. The van der Waals surface area contributed by atoms with Gasteiger partial charge in [-0.3, -0.25) is 9.89 Å². The van der Waals surface area contributed by atoms with Crippen molar-refractivity contribution in [3.63, 3.8) is 0 Å². The van der Waals surface area contributed by atoms with Gasteiger partial charge >= 0.3 is 0 Å². The first-order chi connectivity index (χ1) is 12.5. The van der Waals surface area contributed by atoms with Crippen LogP contribution in [-0.4, -0.2) is 43.0 Å². The fourth-order valence-electron chi connectivity index (χ4n) is 2.65. The fraction of sp³-hybridized carbons (Fsp3) is 0.333. The van der Waals surface area contributed by atoms with Gasteiger partial charge in [-0.05, 0) is 30.2 Å². The van der Waals surface area contributed by atoms with Gasteiger partial charge in [0.05, 0.1) is 30.7 Å². The third-order valence-electron chi connectivity index (χ3n) is 3.96. The summed E-state index contributed by atoms with van der Waals surface area (Å²) < 4.78 is 14.5. The number of nitrogens with one attached hydrogen (secondary N) is 1. The number of aryl methyl sites for hydroxylation is 1. The van der Waals surface area contributed by atoms with Crippen LogP contribution in [0.1, 0.15) is 40.8 Å². The number of halogens is 1. The summed E-state index contributed by atoms with van der Waals surface area (Å²) in [5, 5.41) is 15.1. The number of aromatic amines is 1. The molecule has 0 aliphatic heterocycles. The van der Waals surface area contributed by atoms with E-state index < -0.39 is 0 Å². The first kappa shape index (κ1) is 17.8. The molecular formula is C18H21FN6O. The largest absolute Gasteiger partial charge is 0.334 e. The van der Waals surface area contributed by atoms with Gasteiger partial charge < -0.3 is 4.90 Å². The molecule has 7 nitrogen and oxygen atoms in total. The fourth-order valence-corrected chi connectivity index (χ4v) is 2.65. The Morgan fingerprint density at radius 1 is 1.31 bits per heavy atom. The lowest BCUT2D eigenvalue weighted by Gasteiger charge is -2.13. The Hall–Kier alpha value is -3.03. The van der Waals surface area contributed by atoms with Crippen LogP contribution in [0, 0.1) is 5.82 Å². The average Bonchev–Trinajstić information content (AvgIpc) is 3.26. The smallest absolute Gasteiger partial charge is 0.276 e. The summed E-state index contributed by atoms with van der Waals surface area (Å²) in [6, 6.07) is 8.11. The van der Waals surface area contributed by atoms with Gasteiger partial charge in [-0.15, -0.1) is 5.10 Å². The Morgan fingerprint density at radius 2 is 2.08 bits per heavy atom. The lowest BCUT2D eigenvalue weighted by Crippen LogP contribution is -2.26. The highest BCUT2D eigenvalue weighted by molar-refractivity contribution is 5.91. The molecule has 26 heavy (non-hydrogen) atoms. The van der Waals surface area contributed by atoms with Crippen LogP contribution in [0.3, 0.4) is 0 Å². The molecule has 0 fully saturated rings. The molecule has 3 rings (SSSR count). The van der Waals surface area contributed by atoms with Crippen LogP contribution in [-0.2, 0) is 19.5 Å². The molecule has 1 N–H and O–H groups in total. The van der Waals surface area contributed by atoms with E-state index in [-0.39, 0.29) is 17.4 Å². The van der Waals surface area contributed by atoms with Crippen LogP contribution in [0.2, 0.25) is 0 Å². The Balaban J connectivity index is 1.61. The Morgan fingerprint density at radius 3 is 2.81 bits per heavy atom. The van der Waals surface area contributed by atoms with Gasteiger partial charge in [0.1, 0.15) is 5.82 Å². The molecule has 0 aliphatic rings. The SMILES string of the molecule is CCCc1cc(CN(C)C(=O)c2cn(Cc3ccc(F)cc3)nn2)[nH]n1. The monoisotopic (exact) mass is 356 g/mol. The lowest BCUT2D eigenvalue weighted by molar-refractivity contribution is 0.0777. The molecule has 8 heteroatoms.